The van der Waals surface area contributed by atoms with Gasteiger partial charge in [-0.2, -0.15) is 0 Å². The summed E-state index contributed by atoms with van der Waals surface area (Å²) >= 11 is 1.79. The van der Waals surface area contributed by atoms with E-state index in [1.807, 2.05) is 12.1 Å². The van der Waals surface area contributed by atoms with E-state index >= 15 is 0 Å². The Morgan fingerprint density at radius 1 is 1.27 bits per heavy atom. The van der Waals surface area contributed by atoms with E-state index in [0.717, 1.165) is 37.0 Å². The van der Waals surface area contributed by atoms with E-state index in [4.69, 9.17) is 4.98 Å². The number of non-ortho nitro benzene ring substituents is 1. The van der Waals surface area contributed by atoms with Gasteiger partial charge in [-0.05, 0) is 44.0 Å². The van der Waals surface area contributed by atoms with Crippen molar-refractivity contribution in [2.75, 3.05) is 13.1 Å². The van der Waals surface area contributed by atoms with Crippen molar-refractivity contribution in [1.29, 1.82) is 0 Å². The van der Waals surface area contributed by atoms with Gasteiger partial charge >= 0.3 is 0 Å². The van der Waals surface area contributed by atoms with Gasteiger partial charge in [-0.1, -0.05) is 24.3 Å². The number of thiazole rings is 1. The average Bonchev–Trinajstić information content (AvgIpc) is 3.12. The van der Waals surface area contributed by atoms with Crippen molar-refractivity contribution in [1.82, 2.24) is 9.88 Å². The lowest BCUT2D eigenvalue weighted by atomic mass is 9.95. The Hall–Kier alpha value is -2.31. The zero-order valence-corrected chi connectivity index (χ0v) is 15.5. The van der Waals surface area contributed by atoms with Gasteiger partial charge in [0.05, 0.1) is 20.1 Å². The Morgan fingerprint density at radius 2 is 2.12 bits per heavy atom. The first kappa shape index (κ1) is 17.1. The third kappa shape index (κ3) is 3.34. The van der Waals surface area contributed by atoms with Crippen molar-refractivity contribution >= 4 is 27.2 Å². The zero-order valence-electron chi connectivity index (χ0n) is 14.7. The molecule has 2 atom stereocenters. The third-order valence-corrected chi connectivity index (χ3v) is 6.42. The highest BCUT2D eigenvalue weighted by molar-refractivity contribution is 7.18. The van der Waals surface area contributed by atoms with Crippen LogP contribution in [0, 0.1) is 10.1 Å². The summed E-state index contributed by atoms with van der Waals surface area (Å²) in [6.45, 7) is 4.11. The maximum atomic E-state index is 11.1. The fourth-order valence-corrected chi connectivity index (χ4v) is 4.83. The van der Waals surface area contributed by atoms with Gasteiger partial charge < -0.3 is 0 Å². The standard InChI is InChI=1S/C20H21N3O2S/c1-14(15-6-4-8-17(12-15)23(24)25)22-11-5-7-16(13-22)20-21-18-9-2-3-10-19(18)26-20/h2-4,6,8-10,12,14,16H,5,7,11,13H2,1H3/t14-,16+/m1/s1. The quantitative estimate of drug-likeness (QED) is 0.473. The van der Waals surface area contributed by atoms with Gasteiger partial charge in [-0.25, -0.2) is 4.98 Å². The average molecular weight is 367 g/mol. The van der Waals surface area contributed by atoms with E-state index in [2.05, 4.69) is 30.0 Å². The Kier molecular flexibility index (Phi) is 4.70. The Labute approximate surface area is 156 Å². The number of para-hydroxylation sites is 1. The smallest absolute Gasteiger partial charge is 0.269 e. The van der Waals surface area contributed by atoms with E-state index in [0.29, 0.717) is 5.92 Å². The Bertz CT molecular complexity index is 906. The molecule has 0 bridgehead atoms. The number of hydrogen-bond acceptors (Lipinski definition) is 5. The molecule has 6 heteroatoms. The van der Waals surface area contributed by atoms with Crippen LogP contribution >= 0.6 is 11.3 Å². The number of benzene rings is 2. The number of rotatable bonds is 4. The third-order valence-electron chi connectivity index (χ3n) is 5.22. The molecule has 3 aromatic rings. The molecule has 0 aliphatic carbocycles. The molecule has 2 heterocycles. The highest BCUT2D eigenvalue weighted by Crippen LogP contribution is 2.36. The first-order valence-electron chi connectivity index (χ1n) is 8.95. The minimum Gasteiger partial charge on any atom is -0.296 e. The molecule has 134 valence electrons. The topological polar surface area (TPSA) is 59.3 Å². The van der Waals surface area contributed by atoms with Crippen LogP contribution in [0.15, 0.2) is 48.5 Å². The summed E-state index contributed by atoms with van der Waals surface area (Å²) < 4.78 is 1.24. The number of likely N-dealkylation sites (tertiary alicyclic amines) is 1. The van der Waals surface area contributed by atoms with Crippen LogP contribution < -0.4 is 0 Å². The SMILES string of the molecule is C[C@H](c1cccc([N+](=O)[O-])c1)N1CCC[C@H](c2nc3ccccc3s2)C1. The first-order valence-corrected chi connectivity index (χ1v) is 9.77. The summed E-state index contributed by atoms with van der Waals surface area (Å²) in [5.41, 5.74) is 2.24. The van der Waals surface area contributed by atoms with Gasteiger partial charge in [-0.3, -0.25) is 15.0 Å². The van der Waals surface area contributed by atoms with E-state index in [1.165, 1.54) is 9.71 Å². The number of hydrogen-bond donors (Lipinski definition) is 0. The first-order chi connectivity index (χ1) is 12.6. The molecule has 1 saturated heterocycles. The van der Waals surface area contributed by atoms with Crippen LogP contribution in [-0.2, 0) is 0 Å². The molecule has 5 nitrogen and oxygen atoms in total. The molecule has 1 aromatic heterocycles. The summed E-state index contributed by atoms with van der Waals surface area (Å²) in [5, 5.41) is 12.3. The summed E-state index contributed by atoms with van der Waals surface area (Å²) in [7, 11) is 0. The van der Waals surface area contributed by atoms with Crippen molar-refractivity contribution in [2.45, 2.75) is 31.7 Å². The van der Waals surface area contributed by atoms with Crippen molar-refractivity contribution in [3.8, 4) is 0 Å². The summed E-state index contributed by atoms with van der Waals surface area (Å²) in [6.07, 6.45) is 2.28. The molecule has 0 saturated carbocycles. The number of aromatic nitrogens is 1. The maximum Gasteiger partial charge on any atom is 0.269 e. The monoisotopic (exact) mass is 367 g/mol. The van der Waals surface area contributed by atoms with Gasteiger partial charge in [-0.15, -0.1) is 11.3 Å². The van der Waals surface area contributed by atoms with Gasteiger partial charge in [0.15, 0.2) is 0 Å². The molecule has 1 aliphatic rings. The van der Waals surface area contributed by atoms with Crippen LogP contribution in [-0.4, -0.2) is 27.9 Å². The number of nitro groups is 1. The van der Waals surface area contributed by atoms with E-state index in [-0.39, 0.29) is 16.7 Å². The Balaban J connectivity index is 1.54. The fraction of sp³-hybridized carbons (Fsp3) is 0.350. The second-order valence-electron chi connectivity index (χ2n) is 6.88. The fourth-order valence-electron chi connectivity index (χ4n) is 3.73. The molecule has 26 heavy (non-hydrogen) atoms. The number of piperidine rings is 1. The Morgan fingerprint density at radius 3 is 2.92 bits per heavy atom. The molecule has 0 N–H and O–H groups in total. The van der Waals surface area contributed by atoms with Gasteiger partial charge in [0, 0.05) is 30.6 Å². The molecular formula is C20H21N3O2S. The van der Waals surface area contributed by atoms with Crippen molar-refractivity contribution in [3.63, 3.8) is 0 Å². The van der Waals surface area contributed by atoms with Crippen LogP contribution in [0.4, 0.5) is 5.69 Å². The van der Waals surface area contributed by atoms with E-state index in [1.54, 1.807) is 29.5 Å². The van der Waals surface area contributed by atoms with Gasteiger partial charge in [0.2, 0.25) is 0 Å². The summed E-state index contributed by atoms with van der Waals surface area (Å²) in [4.78, 5) is 18.0. The van der Waals surface area contributed by atoms with Crippen LogP contribution in [0.2, 0.25) is 0 Å². The lowest BCUT2D eigenvalue weighted by Crippen LogP contribution is -2.36. The molecule has 0 radical (unpaired) electrons. The lowest BCUT2D eigenvalue weighted by molar-refractivity contribution is -0.385. The molecule has 2 aromatic carbocycles. The van der Waals surface area contributed by atoms with Crippen molar-refractivity contribution < 1.29 is 4.92 Å². The summed E-state index contributed by atoms with van der Waals surface area (Å²) in [6, 6.07) is 15.5. The van der Waals surface area contributed by atoms with Crippen LogP contribution in [0.1, 0.15) is 42.3 Å². The predicted octanol–water partition coefficient (Wildman–Crippen LogP) is 5.15. The van der Waals surface area contributed by atoms with Gasteiger partial charge in [0.1, 0.15) is 0 Å². The van der Waals surface area contributed by atoms with Crippen LogP contribution in [0.5, 0.6) is 0 Å². The highest BCUT2D eigenvalue weighted by Gasteiger charge is 2.27. The van der Waals surface area contributed by atoms with Crippen molar-refractivity contribution in [2.24, 2.45) is 0 Å². The molecule has 4 rings (SSSR count). The number of nitro benzene ring substituents is 1. The minimum atomic E-state index is -0.323. The number of nitrogens with zero attached hydrogens (tertiary/aromatic N) is 3. The second-order valence-corrected chi connectivity index (χ2v) is 7.94. The zero-order chi connectivity index (χ0) is 18.1. The predicted molar refractivity (Wildman–Crippen MR) is 105 cm³/mol. The van der Waals surface area contributed by atoms with Crippen LogP contribution in [0.25, 0.3) is 10.2 Å². The molecular weight excluding hydrogens is 346 g/mol. The highest BCUT2D eigenvalue weighted by atomic mass is 32.1. The largest absolute Gasteiger partial charge is 0.296 e. The van der Waals surface area contributed by atoms with Crippen LogP contribution in [0.3, 0.4) is 0 Å². The molecule has 0 spiro atoms. The molecule has 1 fully saturated rings. The molecule has 0 amide bonds. The van der Waals surface area contributed by atoms with E-state index in [9.17, 15) is 10.1 Å². The second kappa shape index (κ2) is 7.13. The maximum absolute atomic E-state index is 11.1. The van der Waals surface area contributed by atoms with Gasteiger partial charge in [0.25, 0.3) is 5.69 Å². The minimum absolute atomic E-state index is 0.159. The lowest BCUT2D eigenvalue weighted by Gasteiger charge is -2.36. The van der Waals surface area contributed by atoms with E-state index < -0.39 is 0 Å². The summed E-state index contributed by atoms with van der Waals surface area (Å²) in [5.74, 6) is 0.433. The number of fused-ring (bicyclic) bond motifs is 1. The van der Waals surface area contributed by atoms with Crippen molar-refractivity contribution in [3.05, 3.63) is 69.2 Å². The molecule has 0 unspecified atom stereocenters. The normalized spacial score (nSPS) is 19.5. The molecule has 1 aliphatic heterocycles.